The molecule has 4 aliphatic heterocycles. The smallest absolute Gasteiger partial charge is 0.252 e. The molecule has 2 aromatic heterocycles. The van der Waals surface area contributed by atoms with Crippen LogP contribution in [0.15, 0.2) is 376 Å². The number of aromatic nitrogens is 2. The van der Waals surface area contributed by atoms with E-state index < -0.39 is 12.1 Å². The predicted molar refractivity (Wildman–Crippen MR) is 471 cm³/mol. The summed E-state index contributed by atoms with van der Waals surface area (Å²) in [5.41, 5.74) is 34.1. The van der Waals surface area contributed by atoms with Crippen molar-refractivity contribution >= 4 is 101 Å². The second kappa shape index (κ2) is 25.1. The second-order valence-electron chi connectivity index (χ2n) is 31.4. The van der Waals surface area contributed by atoms with Crippen LogP contribution >= 0.6 is 0 Å². The Morgan fingerprint density at radius 2 is 0.593 bits per heavy atom. The summed E-state index contributed by atoms with van der Waals surface area (Å²) in [5, 5.41) is 4.49. The van der Waals surface area contributed by atoms with Crippen LogP contribution in [0.3, 0.4) is 0 Å². The summed E-state index contributed by atoms with van der Waals surface area (Å²) in [7, 11) is 0. The molecule has 0 atom stereocenters. The molecule has 0 aliphatic carbocycles. The number of hydrogen-bond donors (Lipinski definition) is 0. The van der Waals surface area contributed by atoms with Crippen LogP contribution in [0.2, 0.25) is 0 Å². The molecule has 113 heavy (non-hydrogen) atoms. The summed E-state index contributed by atoms with van der Waals surface area (Å²) in [6.07, 6.45) is 0. The number of fused-ring (bicyclic) bond motifs is 22. The first kappa shape index (κ1) is 64.6. The molecule has 0 unspecified atom stereocenters. The maximum Gasteiger partial charge on any atom is 0.252 e. The maximum atomic E-state index is 7.92. The fourth-order valence-corrected chi connectivity index (χ4v) is 19.0. The van der Waals surface area contributed by atoms with E-state index in [1.807, 2.05) is 0 Å². The van der Waals surface area contributed by atoms with Gasteiger partial charge in [-0.15, -0.1) is 0 Å². The van der Waals surface area contributed by atoms with E-state index in [-0.39, 0.29) is 0 Å². The van der Waals surface area contributed by atoms with Crippen LogP contribution in [0.4, 0.5) is 34.1 Å². The number of benzene rings is 17. The Balaban J connectivity index is 0.929. The summed E-state index contributed by atoms with van der Waals surface area (Å²) in [6.45, 7) is 6.76. The van der Waals surface area contributed by atoms with E-state index in [2.05, 4.69) is 416 Å². The first-order valence-electron chi connectivity index (χ1n) is 39.2. The van der Waals surface area contributed by atoms with Gasteiger partial charge in [0, 0.05) is 111 Å². The van der Waals surface area contributed by atoms with Gasteiger partial charge in [0.25, 0.3) is 6.71 Å². The zero-order chi connectivity index (χ0) is 74.7. The van der Waals surface area contributed by atoms with E-state index in [1.54, 1.807) is 0 Å². The summed E-state index contributed by atoms with van der Waals surface area (Å²) in [6, 6.07) is 140. The van der Waals surface area contributed by atoms with E-state index in [9.17, 15) is 0 Å². The maximum absolute atomic E-state index is 7.92. The number of hydrogen-bond acceptors (Lipinski definition) is 4. The number of rotatable bonds is 6. The van der Waals surface area contributed by atoms with Gasteiger partial charge in [0.05, 0.1) is 33.4 Å². The van der Waals surface area contributed by atoms with Crippen molar-refractivity contribution in [3.05, 3.63) is 382 Å². The molecule has 0 N–H and O–H groups in total. The highest BCUT2D eigenvalue weighted by Gasteiger charge is 2.49. The topological polar surface area (TPSA) is 34.8 Å². The Hall–Kier alpha value is -14.4. The van der Waals surface area contributed by atoms with Crippen LogP contribution in [0, 0.1) is 0 Å². The quantitative estimate of drug-likeness (QED) is 0.155. The average Bonchev–Trinajstić information content (AvgIpc) is 1.39. The minimum Gasteiger partial charge on any atom is -0.456 e. The van der Waals surface area contributed by atoms with Crippen molar-refractivity contribution in [3.63, 3.8) is 0 Å². The first-order chi connectivity index (χ1) is 55.7. The van der Waals surface area contributed by atoms with Crippen LogP contribution in [-0.4, -0.2) is 15.8 Å². The van der Waals surface area contributed by atoms with Crippen LogP contribution < -0.4 is 35.7 Å². The van der Waals surface area contributed by atoms with Gasteiger partial charge in [-0.25, -0.2) is 0 Å². The van der Waals surface area contributed by atoms with Crippen LogP contribution in [0.5, 0.6) is 23.0 Å². The molecule has 19 aromatic rings. The van der Waals surface area contributed by atoms with Gasteiger partial charge in [-0.2, -0.15) is 0 Å². The standard InChI is InChI=1S/C106H71BN4O2/c1-106(2,3)72-60-95-101-96(61-72)111-103-76(69-38-16-7-17-39-69)49-31-51-82(103)86-63-94-84(78-45-23-27-53-92(78)109(94)74-42-20-9-21-43-74)65-100(86)113-98-55-29-25-47-80(98)88-57-71(67-34-12-5-13-35-67)59-90(105(88)111)107(101)89-58-70(66-32-10-4-11-33-66)56-87-79-46-24-28-54-97(79)112-99-64-83-77-44-22-26-52-91(77)108(73-40-18-8-19-41-73)93(83)62-85(99)81-50-30-48-75(68-36-14-6-15-37-68)102(81)110(95)104(87)89/h4-65H,1-3H3. The molecule has 23 rings (SSSR count). The fraction of sp³-hybridized carbons (Fsp3) is 0.0377. The molecule has 0 radical (unpaired) electrons. The van der Waals surface area contributed by atoms with E-state index in [1.165, 1.54) is 11.0 Å². The highest BCUT2D eigenvalue weighted by Crippen LogP contribution is 2.61. The Morgan fingerprint density at radius 1 is 0.239 bits per heavy atom. The minimum absolute atomic E-state index is 0.410. The Morgan fingerprint density at radius 3 is 1.01 bits per heavy atom. The van der Waals surface area contributed by atoms with Crippen molar-refractivity contribution in [2.45, 2.75) is 26.2 Å². The molecular formula is C106H71BN4O2. The molecular weight excluding hydrogens is 1370 g/mol. The van der Waals surface area contributed by atoms with Crippen molar-refractivity contribution in [1.29, 1.82) is 0 Å². The molecule has 7 heteroatoms. The van der Waals surface area contributed by atoms with Crippen molar-refractivity contribution in [2.75, 3.05) is 9.80 Å². The van der Waals surface area contributed by atoms with Gasteiger partial charge in [-0.3, -0.25) is 0 Å². The monoisotopic (exact) mass is 1440 g/mol. The minimum atomic E-state index is -0.412. The van der Waals surface area contributed by atoms with Gasteiger partial charge in [0.2, 0.25) is 0 Å². The highest BCUT2D eigenvalue weighted by atomic mass is 16.5. The summed E-state index contributed by atoms with van der Waals surface area (Å²) < 4.78 is 20.7. The van der Waals surface area contributed by atoms with Crippen molar-refractivity contribution in [3.8, 4) is 123 Å². The molecule has 0 amide bonds. The van der Waals surface area contributed by atoms with Crippen LogP contribution in [0.25, 0.3) is 144 Å². The molecule has 0 bridgehead atoms. The zero-order valence-corrected chi connectivity index (χ0v) is 62.5. The van der Waals surface area contributed by atoms with Gasteiger partial charge in [-0.1, -0.05) is 300 Å². The van der Waals surface area contributed by atoms with E-state index in [0.717, 1.165) is 212 Å². The number of nitrogens with zero attached hydrogens (tertiary/aromatic N) is 4. The highest BCUT2D eigenvalue weighted by molar-refractivity contribution is 7.00. The SMILES string of the molecule is CC(C)(C)c1cc2c3c(c1)N1c4c(cc(-c5ccccc5)cc4-c4ccccc4Oc4cc5c6ccccc6n(-c6ccccc6)c5cc4-c4cccc(-c5ccccc5)c41)B3c1cc(-c3ccccc3)cc3c1N2c1c(-c2ccccc2)cccc1-c1cc2c(cc1Oc1ccccc1-3)c1ccccc1n2-c1ccccc1. The number of anilines is 6. The molecule has 17 aromatic carbocycles. The third kappa shape index (κ3) is 9.94. The third-order valence-corrected chi connectivity index (χ3v) is 24.0. The average molecular weight is 1440 g/mol. The second-order valence-corrected chi connectivity index (χ2v) is 31.4. The normalized spacial score (nSPS) is 12.8. The lowest BCUT2D eigenvalue weighted by Gasteiger charge is -2.48. The summed E-state index contributed by atoms with van der Waals surface area (Å²) in [5.74, 6) is 3.03. The molecule has 6 nitrogen and oxygen atoms in total. The Bertz CT molecular complexity index is 6730. The van der Waals surface area contributed by atoms with Gasteiger partial charge in [-0.05, 0) is 158 Å². The van der Waals surface area contributed by atoms with Gasteiger partial charge >= 0.3 is 0 Å². The van der Waals surface area contributed by atoms with Gasteiger partial charge in [0.15, 0.2) is 0 Å². The van der Waals surface area contributed by atoms with Crippen LogP contribution in [0.1, 0.15) is 26.3 Å². The predicted octanol–water partition coefficient (Wildman–Crippen LogP) is 26.8. The Kier molecular flexibility index (Phi) is 14.3. The van der Waals surface area contributed by atoms with E-state index in [4.69, 9.17) is 9.47 Å². The van der Waals surface area contributed by atoms with Crippen molar-refractivity contribution in [2.24, 2.45) is 0 Å². The van der Waals surface area contributed by atoms with Crippen molar-refractivity contribution in [1.82, 2.24) is 9.13 Å². The van der Waals surface area contributed by atoms with Gasteiger partial charge < -0.3 is 28.4 Å². The number of ether oxygens (including phenoxy) is 2. The molecule has 0 fully saturated rings. The Labute approximate surface area is 656 Å². The molecule has 530 valence electrons. The first-order valence-corrected chi connectivity index (χ1v) is 39.2. The molecule has 4 aliphatic rings. The largest absolute Gasteiger partial charge is 0.456 e. The lowest BCUT2D eigenvalue weighted by Crippen LogP contribution is -2.62. The zero-order valence-electron chi connectivity index (χ0n) is 62.5. The molecule has 0 spiro atoms. The number of para-hydroxylation sites is 8. The van der Waals surface area contributed by atoms with Gasteiger partial charge in [0.1, 0.15) is 23.0 Å². The summed E-state index contributed by atoms with van der Waals surface area (Å²) in [4.78, 5) is 5.47. The molecule has 0 saturated heterocycles. The van der Waals surface area contributed by atoms with Crippen LogP contribution in [-0.2, 0) is 5.41 Å². The fourth-order valence-electron chi connectivity index (χ4n) is 19.0. The summed E-state index contributed by atoms with van der Waals surface area (Å²) >= 11 is 0. The van der Waals surface area contributed by atoms with E-state index >= 15 is 0 Å². The molecule has 0 saturated carbocycles. The third-order valence-electron chi connectivity index (χ3n) is 24.0. The lowest BCUT2D eigenvalue weighted by molar-refractivity contribution is 0.487. The lowest BCUT2D eigenvalue weighted by atomic mass is 9.32. The van der Waals surface area contributed by atoms with E-state index in [0.29, 0.717) is 0 Å². The molecule has 6 heterocycles. The van der Waals surface area contributed by atoms with Crippen molar-refractivity contribution < 1.29 is 9.47 Å².